The van der Waals surface area contributed by atoms with Gasteiger partial charge in [0.15, 0.2) is 5.69 Å². The second-order valence-electron chi connectivity index (χ2n) is 5.24. The number of halogens is 2. The number of hydrogen-bond donors (Lipinski definition) is 1. The molecule has 1 aromatic heterocycles. The SMILES string of the molecule is COC(=O)c1ccc(F)c(NC(=O)c2ccn(-c3ccccc3F)n2)c1. The molecule has 6 nitrogen and oxygen atoms in total. The van der Waals surface area contributed by atoms with E-state index in [1.54, 1.807) is 6.07 Å². The number of esters is 1. The van der Waals surface area contributed by atoms with E-state index < -0.39 is 23.5 Å². The van der Waals surface area contributed by atoms with Crippen LogP contribution in [-0.2, 0) is 4.74 Å². The molecule has 0 fully saturated rings. The molecule has 1 heterocycles. The number of carbonyl (C=O) groups is 2. The third-order valence-electron chi connectivity index (χ3n) is 3.56. The molecule has 0 radical (unpaired) electrons. The van der Waals surface area contributed by atoms with Crippen LogP contribution in [0.3, 0.4) is 0 Å². The van der Waals surface area contributed by atoms with E-state index in [9.17, 15) is 18.4 Å². The highest BCUT2D eigenvalue weighted by Crippen LogP contribution is 2.18. The van der Waals surface area contributed by atoms with Crippen molar-refractivity contribution in [2.45, 2.75) is 0 Å². The number of hydrogen-bond acceptors (Lipinski definition) is 4. The molecule has 2 aromatic carbocycles. The first kappa shape index (κ1) is 17.3. The van der Waals surface area contributed by atoms with E-state index in [4.69, 9.17) is 0 Å². The zero-order valence-electron chi connectivity index (χ0n) is 13.6. The standard InChI is InChI=1S/C18H13F2N3O3/c1-26-18(25)11-6-7-12(19)15(10-11)21-17(24)14-8-9-23(22-14)16-5-3-2-4-13(16)20/h2-10H,1H3,(H,21,24). The van der Waals surface area contributed by atoms with Crippen molar-refractivity contribution in [3.8, 4) is 5.69 Å². The normalized spacial score (nSPS) is 10.4. The van der Waals surface area contributed by atoms with Gasteiger partial charge >= 0.3 is 5.97 Å². The summed E-state index contributed by atoms with van der Waals surface area (Å²) in [5.74, 6) is -2.59. The monoisotopic (exact) mass is 357 g/mol. The molecule has 0 unspecified atom stereocenters. The molecule has 0 aliphatic carbocycles. The maximum atomic E-state index is 13.9. The Balaban J connectivity index is 1.83. The lowest BCUT2D eigenvalue weighted by Crippen LogP contribution is -2.15. The van der Waals surface area contributed by atoms with E-state index in [1.807, 2.05) is 0 Å². The van der Waals surface area contributed by atoms with E-state index in [1.165, 1.54) is 48.3 Å². The Kier molecular flexibility index (Phi) is 4.74. The summed E-state index contributed by atoms with van der Waals surface area (Å²) in [5.41, 5.74) is 0.0148. The summed E-state index contributed by atoms with van der Waals surface area (Å²) >= 11 is 0. The molecule has 3 aromatic rings. The van der Waals surface area contributed by atoms with Crippen LogP contribution in [0.1, 0.15) is 20.8 Å². The van der Waals surface area contributed by atoms with Crippen LogP contribution in [0.2, 0.25) is 0 Å². The van der Waals surface area contributed by atoms with Crippen LogP contribution in [-0.4, -0.2) is 28.8 Å². The van der Waals surface area contributed by atoms with Crippen molar-refractivity contribution in [2.75, 3.05) is 12.4 Å². The molecule has 1 N–H and O–H groups in total. The summed E-state index contributed by atoms with van der Waals surface area (Å²) in [6.45, 7) is 0. The highest BCUT2D eigenvalue weighted by molar-refractivity contribution is 6.03. The maximum absolute atomic E-state index is 13.9. The Morgan fingerprint density at radius 3 is 2.58 bits per heavy atom. The van der Waals surface area contributed by atoms with Crippen molar-refractivity contribution in [3.05, 3.63) is 77.6 Å². The van der Waals surface area contributed by atoms with Gasteiger partial charge < -0.3 is 10.1 Å². The van der Waals surface area contributed by atoms with Gasteiger partial charge in [0.05, 0.1) is 18.4 Å². The van der Waals surface area contributed by atoms with Crippen LogP contribution in [0.4, 0.5) is 14.5 Å². The number of carbonyl (C=O) groups excluding carboxylic acids is 2. The van der Waals surface area contributed by atoms with Crippen LogP contribution in [0.5, 0.6) is 0 Å². The predicted molar refractivity (Wildman–Crippen MR) is 89.2 cm³/mol. The quantitative estimate of drug-likeness (QED) is 0.728. The third-order valence-corrected chi connectivity index (χ3v) is 3.56. The van der Waals surface area contributed by atoms with Gasteiger partial charge in [-0.3, -0.25) is 4.79 Å². The predicted octanol–water partition coefficient (Wildman–Crippen LogP) is 3.19. The summed E-state index contributed by atoms with van der Waals surface area (Å²) in [4.78, 5) is 23.8. The Morgan fingerprint density at radius 2 is 1.85 bits per heavy atom. The number of benzene rings is 2. The van der Waals surface area contributed by atoms with E-state index in [-0.39, 0.29) is 22.6 Å². The Labute approximate surface area is 147 Å². The fourth-order valence-electron chi connectivity index (χ4n) is 2.27. The molecule has 0 atom stereocenters. The van der Waals surface area contributed by atoms with Gasteiger partial charge in [0.25, 0.3) is 5.91 Å². The van der Waals surface area contributed by atoms with Crippen LogP contribution in [0.25, 0.3) is 5.69 Å². The van der Waals surface area contributed by atoms with Gasteiger partial charge in [-0.2, -0.15) is 5.10 Å². The molecular formula is C18H13F2N3O3. The minimum atomic E-state index is -0.723. The van der Waals surface area contributed by atoms with Crippen LogP contribution < -0.4 is 5.32 Å². The van der Waals surface area contributed by atoms with Gasteiger partial charge in [-0.25, -0.2) is 18.3 Å². The van der Waals surface area contributed by atoms with Crippen LogP contribution in [0.15, 0.2) is 54.7 Å². The average Bonchev–Trinajstić information content (AvgIpc) is 3.13. The lowest BCUT2D eigenvalue weighted by atomic mass is 10.2. The first-order valence-electron chi connectivity index (χ1n) is 7.49. The number of methoxy groups -OCH3 is 1. The van der Waals surface area contributed by atoms with E-state index >= 15 is 0 Å². The Morgan fingerprint density at radius 1 is 1.08 bits per heavy atom. The second-order valence-corrected chi connectivity index (χ2v) is 5.24. The number of ether oxygens (including phenoxy) is 1. The molecule has 0 aliphatic heterocycles. The van der Waals surface area contributed by atoms with Crippen LogP contribution in [0, 0.1) is 11.6 Å². The highest BCUT2D eigenvalue weighted by Gasteiger charge is 2.16. The van der Waals surface area contributed by atoms with Gasteiger partial charge in [-0.15, -0.1) is 0 Å². The van der Waals surface area contributed by atoms with Gasteiger partial charge in [0.1, 0.15) is 17.3 Å². The lowest BCUT2D eigenvalue weighted by molar-refractivity contribution is 0.0600. The molecular weight excluding hydrogens is 344 g/mol. The number of aromatic nitrogens is 2. The first-order chi connectivity index (χ1) is 12.5. The van der Waals surface area contributed by atoms with Crippen LogP contribution >= 0.6 is 0 Å². The first-order valence-corrected chi connectivity index (χ1v) is 7.49. The van der Waals surface area contributed by atoms with Crippen molar-refractivity contribution in [1.29, 1.82) is 0 Å². The topological polar surface area (TPSA) is 73.2 Å². The smallest absolute Gasteiger partial charge is 0.337 e. The van der Waals surface area contributed by atoms with Gasteiger partial charge in [-0.1, -0.05) is 12.1 Å². The average molecular weight is 357 g/mol. The Bertz CT molecular complexity index is 985. The third kappa shape index (κ3) is 3.44. The van der Waals surface area contributed by atoms with E-state index in [0.717, 1.165) is 12.1 Å². The number of anilines is 1. The lowest BCUT2D eigenvalue weighted by Gasteiger charge is -2.07. The number of para-hydroxylation sites is 1. The summed E-state index contributed by atoms with van der Waals surface area (Å²) in [6, 6.07) is 10.7. The molecule has 0 saturated carbocycles. The fourth-order valence-corrected chi connectivity index (χ4v) is 2.27. The summed E-state index contributed by atoms with van der Waals surface area (Å²) in [5, 5.41) is 6.33. The molecule has 8 heteroatoms. The zero-order chi connectivity index (χ0) is 18.7. The summed E-state index contributed by atoms with van der Waals surface area (Å²) < 4.78 is 33.4. The number of amides is 1. The molecule has 0 saturated heterocycles. The summed E-state index contributed by atoms with van der Waals surface area (Å²) in [6.07, 6.45) is 1.41. The largest absolute Gasteiger partial charge is 0.465 e. The van der Waals surface area contributed by atoms with E-state index in [0.29, 0.717) is 0 Å². The number of nitrogens with one attached hydrogen (secondary N) is 1. The summed E-state index contributed by atoms with van der Waals surface area (Å²) in [7, 11) is 1.19. The van der Waals surface area contributed by atoms with Gasteiger partial charge in [0.2, 0.25) is 0 Å². The highest BCUT2D eigenvalue weighted by atomic mass is 19.1. The zero-order valence-corrected chi connectivity index (χ0v) is 13.6. The van der Waals surface area contributed by atoms with E-state index in [2.05, 4.69) is 15.2 Å². The van der Waals surface area contributed by atoms with Gasteiger partial charge in [0, 0.05) is 6.20 Å². The van der Waals surface area contributed by atoms with Crippen molar-refractivity contribution in [3.63, 3.8) is 0 Å². The molecule has 26 heavy (non-hydrogen) atoms. The maximum Gasteiger partial charge on any atom is 0.337 e. The molecule has 0 bridgehead atoms. The minimum Gasteiger partial charge on any atom is -0.465 e. The van der Waals surface area contributed by atoms with Crippen molar-refractivity contribution >= 4 is 17.6 Å². The van der Waals surface area contributed by atoms with Crippen molar-refractivity contribution in [2.24, 2.45) is 0 Å². The Hall–Kier alpha value is -3.55. The number of rotatable bonds is 4. The minimum absolute atomic E-state index is 0.0453. The van der Waals surface area contributed by atoms with Crippen molar-refractivity contribution in [1.82, 2.24) is 9.78 Å². The fraction of sp³-hybridized carbons (Fsp3) is 0.0556. The number of nitrogens with zero attached hydrogens (tertiary/aromatic N) is 2. The molecule has 132 valence electrons. The van der Waals surface area contributed by atoms with Gasteiger partial charge in [-0.05, 0) is 36.4 Å². The molecule has 3 rings (SSSR count). The molecule has 0 aliphatic rings. The van der Waals surface area contributed by atoms with Crippen molar-refractivity contribution < 1.29 is 23.1 Å². The molecule has 1 amide bonds. The second kappa shape index (κ2) is 7.14. The molecule has 0 spiro atoms.